The highest BCUT2D eigenvalue weighted by atomic mass is 16.3. The molecule has 0 radical (unpaired) electrons. The zero-order chi connectivity index (χ0) is 9.97. The van der Waals surface area contributed by atoms with Crippen LogP contribution in [0.3, 0.4) is 0 Å². The number of carbonyl (C=O) groups excluding carboxylic acids is 1. The topological polar surface area (TPSA) is 37.3 Å². The van der Waals surface area contributed by atoms with Crippen LogP contribution in [0.5, 0.6) is 0 Å². The fraction of sp³-hybridized carbons (Fsp3) is 0.250. The fourth-order valence-corrected chi connectivity index (χ4v) is 1.79. The molecule has 72 valence electrons. The van der Waals surface area contributed by atoms with Gasteiger partial charge in [-0.05, 0) is 24.6 Å². The van der Waals surface area contributed by atoms with E-state index >= 15 is 0 Å². The van der Waals surface area contributed by atoms with E-state index in [4.69, 9.17) is 0 Å². The maximum absolute atomic E-state index is 10.9. The first-order valence-electron chi connectivity index (χ1n) is 4.73. The molecule has 1 atom stereocenters. The third-order valence-electron chi connectivity index (χ3n) is 2.60. The molecule has 0 aromatic heterocycles. The van der Waals surface area contributed by atoms with Gasteiger partial charge in [0.1, 0.15) is 0 Å². The van der Waals surface area contributed by atoms with Gasteiger partial charge in [0, 0.05) is 11.8 Å². The number of aliphatic hydroxyl groups is 1. The third-order valence-corrected chi connectivity index (χ3v) is 2.60. The Labute approximate surface area is 82.9 Å². The maximum atomic E-state index is 10.9. The first-order valence-corrected chi connectivity index (χ1v) is 4.73. The second-order valence-corrected chi connectivity index (χ2v) is 3.56. The molecule has 0 aromatic carbocycles. The average molecular weight is 188 g/mol. The van der Waals surface area contributed by atoms with Gasteiger partial charge >= 0.3 is 0 Å². The van der Waals surface area contributed by atoms with Crippen molar-refractivity contribution in [1.29, 1.82) is 0 Å². The Kier molecular flexibility index (Phi) is 2.35. The van der Waals surface area contributed by atoms with E-state index in [0.29, 0.717) is 5.76 Å². The van der Waals surface area contributed by atoms with E-state index in [1.54, 1.807) is 18.2 Å². The average Bonchev–Trinajstić information content (AvgIpc) is 2.20. The molecule has 2 heteroatoms. The zero-order valence-corrected chi connectivity index (χ0v) is 7.76. The SMILES string of the molecule is O=C1C=CC(C2CC=CC=C2O)C=C1. The van der Waals surface area contributed by atoms with E-state index < -0.39 is 0 Å². The van der Waals surface area contributed by atoms with Gasteiger partial charge in [0.15, 0.2) is 5.78 Å². The van der Waals surface area contributed by atoms with Crippen LogP contribution >= 0.6 is 0 Å². The quantitative estimate of drug-likeness (QED) is 0.685. The van der Waals surface area contributed by atoms with Crippen LogP contribution in [0.1, 0.15) is 6.42 Å². The summed E-state index contributed by atoms with van der Waals surface area (Å²) in [6.45, 7) is 0. The summed E-state index contributed by atoms with van der Waals surface area (Å²) in [6.07, 6.45) is 13.3. The molecule has 0 spiro atoms. The van der Waals surface area contributed by atoms with E-state index in [2.05, 4.69) is 0 Å². The van der Waals surface area contributed by atoms with Crippen LogP contribution in [-0.4, -0.2) is 10.9 Å². The number of hydrogen-bond acceptors (Lipinski definition) is 2. The number of rotatable bonds is 1. The van der Waals surface area contributed by atoms with Crippen LogP contribution in [-0.2, 0) is 4.79 Å². The monoisotopic (exact) mass is 188 g/mol. The minimum atomic E-state index is 0.0241. The molecular weight excluding hydrogens is 176 g/mol. The summed E-state index contributed by atoms with van der Waals surface area (Å²) in [4.78, 5) is 10.9. The van der Waals surface area contributed by atoms with Gasteiger partial charge in [-0.2, -0.15) is 0 Å². The lowest BCUT2D eigenvalue weighted by Crippen LogP contribution is -2.16. The first kappa shape index (κ1) is 9.00. The summed E-state index contributed by atoms with van der Waals surface area (Å²) in [5, 5.41) is 9.64. The van der Waals surface area contributed by atoms with Gasteiger partial charge in [-0.15, -0.1) is 0 Å². The predicted molar refractivity (Wildman–Crippen MR) is 54.7 cm³/mol. The molecule has 2 nitrogen and oxygen atoms in total. The smallest absolute Gasteiger partial charge is 0.178 e. The molecule has 2 aliphatic carbocycles. The van der Waals surface area contributed by atoms with Crippen LogP contribution in [0.25, 0.3) is 0 Å². The zero-order valence-electron chi connectivity index (χ0n) is 7.76. The fourth-order valence-electron chi connectivity index (χ4n) is 1.79. The van der Waals surface area contributed by atoms with Gasteiger partial charge < -0.3 is 5.11 Å². The summed E-state index contributed by atoms with van der Waals surface area (Å²) >= 11 is 0. The Hall–Kier alpha value is -1.57. The van der Waals surface area contributed by atoms with E-state index in [-0.39, 0.29) is 17.6 Å². The Morgan fingerprint density at radius 3 is 2.64 bits per heavy atom. The predicted octanol–water partition coefficient (Wildman–Crippen LogP) is 2.32. The van der Waals surface area contributed by atoms with Crippen LogP contribution in [0.4, 0.5) is 0 Å². The van der Waals surface area contributed by atoms with Crippen LogP contribution in [0, 0.1) is 11.8 Å². The number of ketones is 1. The molecule has 0 fully saturated rings. The summed E-state index contributed by atoms with van der Waals surface area (Å²) in [6, 6.07) is 0. The number of allylic oxidation sites excluding steroid dienone is 8. The van der Waals surface area contributed by atoms with Crippen molar-refractivity contribution in [2.45, 2.75) is 6.42 Å². The minimum absolute atomic E-state index is 0.0241. The molecule has 0 bridgehead atoms. The van der Waals surface area contributed by atoms with Crippen molar-refractivity contribution in [2.75, 3.05) is 0 Å². The lowest BCUT2D eigenvalue weighted by Gasteiger charge is -2.23. The van der Waals surface area contributed by atoms with Gasteiger partial charge in [0.2, 0.25) is 0 Å². The maximum Gasteiger partial charge on any atom is 0.178 e. The van der Waals surface area contributed by atoms with Crippen molar-refractivity contribution in [3.8, 4) is 0 Å². The normalized spacial score (nSPS) is 26.7. The highest BCUT2D eigenvalue weighted by Gasteiger charge is 2.22. The van der Waals surface area contributed by atoms with Crippen molar-refractivity contribution < 1.29 is 9.90 Å². The molecule has 1 unspecified atom stereocenters. The van der Waals surface area contributed by atoms with E-state index in [1.807, 2.05) is 24.3 Å². The molecule has 1 N–H and O–H groups in total. The van der Waals surface area contributed by atoms with Crippen molar-refractivity contribution >= 4 is 5.78 Å². The molecule has 14 heavy (non-hydrogen) atoms. The molecule has 0 saturated carbocycles. The molecule has 2 rings (SSSR count). The minimum Gasteiger partial charge on any atom is -0.512 e. The van der Waals surface area contributed by atoms with Gasteiger partial charge in [-0.25, -0.2) is 0 Å². The first-order chi connectivity index (χ1) is 6.77. The Morgan fingerprint density at radius 1 is 1.29 bits per heavy atom. The van der Waals surface area contributed by atoms with E-state index in [9.17, 15) is 9.90 Å². The molecular formula is C12H12O2. The Bertz CT molecular complexity index is 343. The standard InChI is InChI=1S/C12H12O2/c13-10-7-5-9(6-8-10)11-3-1-2-4-12(11)14/h1-2,4-9,11,14H,3H2. The largest absolute Gasteiger partial charge is 0.512 e. The number of hydrogen-bond donors (Lipinski definition) is 1. The molecule has 0 aliphatic heterocycles. The van der Waals surface area contributed by atoms with Crippen molar-refractivity contribution in [2.24, 2.45) is 11.8 Å². The van der Waals surface area contributed by atoms with Crippen molar-refractivity contribution in [3.63, 3.8) is 0 Å². The van der Waals surface area contributed by atoms with Gasteiger partial charge in [0.25, 0.3) is 0 Å². The van der Waals surface area contributed by atoms with Crippen LogP contribution < -0.4 is 0 Å². The molecule has 0 aromatic rings. The van der Waals surface area contributed by atoms with E-state index in [1.165, 1.54) is 0 Å². The van der Waals surface area contributed by atoms with Crippen LogP contribution in [0.2, 0.25) is 0 Å². The molecule has 0 saturated heterocycles. The number of carbonyl (C=O) groups is 1. The Morgan fingerprint density at radius 2 is 2.00 bits per heavy atom. The van der Waals surface area contributed by atoms with Gasteiger partial charge in [0.05, 0.1) is 5.76 Å². The van der Waals surface area contributed by atoms with Crippen molar-refractivity contribution in [1.82, 2.24) is 0 Å². The summed E-state index contributed by atoms with van der Waals surface area (Å²) in [5.74, 6) is 0.673. The summed E-state index contributed by atoms with van der Waals surface area (Å²) in [5.41, 5.74) is 0. The second-order valence-electron chi connectivity index (χ2n) is 3.56. The third kappa shape index (κ3) is 1.69. The van der Waals surface area contributed by atoms with Gasteiger partial charge in [-0.1, -0.05) is 24.3 Å². The summed E-state index contributed by atoms with van der Waals surface area (Å²) < 4.78 is 0. The lowest BCUT2D eigenvalue weighted by atomic mass is 9.83. The van der Waals surface area contributed by atoms with Crippen molar-refractivity contribution in [3.05, 3.63) is 48.3 Å². The summed E-state index contributed by atoms with van der Waals surface area (Å²) in [7, 11) is 0. The van der Waals surface area contributed by atoms with Gasteiger partial charge in [-0.3, -0.25) is 4.79 Å². The highest BCUT2D eigenvalue weighted by molar-refractivity contribution is 6.00. The molecule has 0 heterocycles. The lowest BCUT2D eigenvalue weighted by molar-refractivity contribution is -0.110. The number of aliphatic hydroxyl groups excluding tert-OH is 1. The van der Waals surface area contributed by atoms with Crippen LogP contribution in [0.15, 0.2) is 48.3 Å². The molecule has 0 amide bonds. The molecule has 2 aliphatic rings. The van der Waals surface area contributed by atoms with E-state index in [0.717, 1.165) is 6.42 Å². The second kappa shape index (κ2) is 3.66. The Balaban J connectivity index is 2.14. The highest BCUT2D eigenvalue weighted by Crippen LogP contribution is 2.29.